The fraction of sp³-hybridized carbons (Fsp3) is 0.176. The van der Waals surface area contributed by atoms with Crippen molar-refractivity contribution in [3.63, 3.8) is 0 Å². The Labute approximate surface area is 151 Å². The van der Waals surface area contributed by atoms with Crippen LogP contribution < -0.4 is 5.32 Å². The normalized spacial score (nSPS) is 10.3. The van der Waals surface area contributed by atoms with Gasteiger partial charge in [0.1, 0.15) is 5.82 Å². The molecule has 0 saturated carbocycles. The number of esters is 1. The van der Waals surface area contributed by atoms with Gasteiger partial charge in [0.25, 0.3) is 0 Å². The van der Waals surface area contributed by atoms with Crippen molar-refractivity contribution in [1.29, 1.82) is 0 Å². The first-order valence-corrected chi connectivity index (χ1v) is 8.94. The summed E-state index contributed by atoms with van der Waals surface area (Å²) in [4.78, 5) is 23.2. The lowest BCUT2D eigenvalue weighted by atomic mass is 10.2. The molecule has 0 spiro atoms. The second-order valence-electron chi connectivity index (χ2n) is 4.85. The van der Waals surface area contributed by atoms with Gasteiger partial charge in [-0.2, -0.15) is 0 Å². The molecule has 4 nitrogen and oxygen atoms in total. The van der Waals surface area contributed by atoms with Gasteiger partial charge in [-0.05, 0) is 42.0 Å². The summed E-state index contributed by atoms with van der Waals surface area (Å²) in [5.41, 5.74) is 1.55. The van der Waals surface area contributed by atoms with E-state index < -0.39 is 5.97 Å². The molecule has 7 heteroatoms. The van der Waals surface area contributed by atoms with E-state index in [0.29, 0.717) is 27.0 Å². The molecule has 0 aromatic heterocycles. The van der Waals surface area contributed by atoms with Crippen molar-refractivity contribution >= 4 is 45.3 Å². The number of ether oxygens (including phenoxy) is 1. The summed E-state index contributed by atoms with van der Waals surface area (Å²) in [5, 5.41) is 2.72. The summed E-state index contributed by atoms with van der Waals surface area (Å²) in [7, 11) is 1.31. The van der Waals surface area contributed by atoms with E-state index in [1.807, 2.05) is 0 Å². The number of anilines is 1. The Hall–Kier alpha value is -1.86. The molecule has 0 radical (unpaired) electrons. The number of benzene rings is 2. The van der Waals surface area contributed by atoms with Crippen LogP contribution in [-0.4, -0.2) is 24.7 Å². The third kappa shape index (κ3) is 5.35. The highest BCUT2D eigenvalue weighted by atomic mass is 79.9. The first-order valence-electron chi connectivity index (χ1n) is 6.99. The zero-order valence-electron chi connectivity index (χ0n) is 12.8. The predicted octanol–water partition coefficient (Wildman–Crippen LogP) is 4.25. The van der Waals surface area contributed by atoms with Gasteiger partial charge in [0.05, 0.1) is 18.4 Å². The summed E-state index contributed by atoms with van der Waals surface area (Å²) in [6, 6.07) is 11.3. The first-order chi connectivity index (χ1) is 11.5. The largest absolute Gasteiger partial charge is 0.465 e. The van der Waals surface area contributed by atoms with Crippen LogP contribution in [-0.2, 0) is 15.3 Å². The van der Waals surface area contributed by atoms with Crippen molar-refractivity contribution < 1.29 is 18.7 Å². The number of carbonyl (C=O) groups excluding carboxylic acids is 2. The number of hydrogen-bond acceptors (Lipinski definition) is 4. The molecule has 1 amide bonds. The lowest BCUT2D eigenvalue weighted by Gasteiger charge is -2.07. The lowest BCUT2D eigenvalue weighted by molar-refractivity contribution is -0.113. The minimum Gasteiger partial charge on any atom is -0.465 e. The van der Waals surface area contributed by atoms with Crippen molar-refractivity contribution in [2.75, 3.05) is 18.2 Å². The molecule has 2 aromatic carbocycles. The Balaban J connectivity index is 1.81. The lowest BCUT2D eigenvalue weighted by Crippen LogP contribution is -2.14. The smallest absolute Gasteiger partial charge is 0.337 e. The zero-order valence-corrected chi connectivity index (χ0v) is 15.2. The van der Waals surface area contributed by atoms with Gasteiger partial charge in [-0.3, -0.25) is 4.79 Å². The van der Waals surface area contributed by atoms with Gasteiger partial charge in [0, 0.05) is 15.9 Å². The molecule has 1 N–H and O–H groups in total. The molecule has 0 saturated heterocycles. The molecule has 0 aliphatic heterocycles. The van der Waals surface area contributed by atoms with Crippen LogP contribution >= 0.6 is 27.7 Å². The molecule has 2 rings (SSSR count). The van der Waals surface area contributed by atoms with Crippen LogP contribution in [0.3, 0.4) is 0 Å². The van der Waals surface area contributed by atoms with Crippen LogP contribution in [0.15, 0.2) is 46.9 Å². The summed E-state index contributed by atoms with van der Waals surface area (Å²) in [6.45, 7) is 0. The van der Waals surface area contributed by atoms with Crippen molar-refractivity contribution in [1.82, 2.24) is 0 Å². The van der Waals surface area contributed by atoms with Crippen LogP contribution in [0.2, 0.25) is 0 Å². The van der Waals surface area contributed by atoms with Crippen molar-refractivity contribution in [3.05, 3.63) is 63.9 Å². The van der Waals surface area contributed by atoms with E-state index in [9.17, 15) is 14.0 Å². The molecule has 0 aliphatic carbocycles. The Morgan fingerprint density at radius 3 is 2.54 bits per heavy atom. The number of carbonyl (C=O) groups is 2. The summed E-state index contributed by atoms with van der Waals surface area (Å²) < 4.78 is 19.0. The summed E-state index contributed by atoms with van der Waals surface area (Å²) in [6.07, 6.45) is 0. The predicted molar refractivity (Wildman–Crippen MR) is 96.7 cm³/mol. The third-order valence-electron chi connectivity index (χ3n) is 3.10. The van der Waals surface area contributed by atoms with Crippen LogP contribution in [0.4, 0.5) is 10.1 Å². The zero-order chi connectivity index (χ0) is 17.5. The van der Waals surface area contributed by atoms with E-state index in [2.05, 4.69) is 26.0 Å². The van der Waals surface area contributed by atoms with Crippen LogP contribution in [0.25, 0.3) is 0 Å². The molecule has 2 aromatic rings. The fourth-order valence-electron chi connectivity index (χ4n) is 1.90. The number of hydrogen-bond donors (Lipinski definition) is 1. The first kappa shape index (κ1) is 18.5. The third-order valence-corrected chi connectivity index (χ3v) is 4.57. The number of methoxy groups -OCH3 is 1. The maximum absolute atomic E-state index is 13.7. The SMILES string of the molecule is COC(=O)c1ccc(NC(=O)CSCc2ccc(Br)cc2F)cc1. The van der Waals surface area contributed by atoms with Gasteiger partial charge in [0.15, 0.2) is 0 Å². The van der Waals surface area contributed by atoms with Gasteiger partial charge >= 0.3 is 5.97 Å². The van der Waals surface area contributed by atoms with E-state index in [0.717, 1.165) is 0 Å². The van der Waals surface area contributed by atoms with Gasteiger partial charge in [-0.15, -0.1) is 11.8 Å². The number of nitrogens with one attached hydrogen (secondary N) is 1. The molecular formula is C17H15BrFNO3S. The molecule has 0 heterocycles. The number of amides is 1. The molecule has 24 heavy (non-hydrogen) atoms. The maximum Gasteiger partial charge on any atom is 0.337 e. The highest BCUT2D eigenvalue weighted by Gasteiger charge is 2.08. The molecule has 0 atom stereocenters. The highest BCUT2D eigenvalue weighted by Crippen LogP contribution is 2.20. The van der Waals surface area contributed by atoms with Crippen LogP contribution in [0.1, 0.15) is 15.9 Å². The Bertz CT molecular complexity index is 737. The number of rotatable bonds is 6. The van der Waals surface area contributed by atoms with Crippen molar-refractivity contribution in [3.8, 4) is 0 Å². The Kier molecular flexibility index (Phi) is 6.81. The highest BCUT2D eigenvalue weighted by molar-refractivity contribution is 9.10. The van der Waals surface area contributed by atoms with E-state index in [1.165, 1.54) is 24.9 Å². The van der Waals surface area contributed by atoms with Gasteiger partial charge in [-0.25, -0.2) is 9.18 Å². The fourth-order valence-corrected chi connectivity index (χ4v) is 3.04. The van der Waals surface area contributed by atoms with E-state index in [-0.39, 0.29) is 17.5 Å². The van der Waals surface area contributed by atoms with Gasteiger partial charge in [-0.1, -0.05) is 22.0 Å². The Morgan fingerprint density at radius 2 is 1.92 bits per heavy atom. The summed E-state index contributed by atoms with van der Waals surface area (Å²) >= 11 is 4.53. The van der Waals surface area contributed by atoms with Crippen LogP contribution in [0, 0.1) is 5.82 Å². The van der Waals surface area contributed by atoms with Crippen molar-refractivity contribution in [2.45, 2.75) is 5.75 Å². The molecule has 0 unspecified atom stereocenters. The van der Waals surface area contributed by atoms with E-state index >= 15 is 0 Å². The topological polar surface area (TPSA) is 55.4 Å². The number of halogens is 2. The van der Waals surface area contributed by atoms with E-state index in [1.54, 1.807) is 36.4 Å². The summed E-state index contributed by atoms with van der Waals surface area (Å²) in [5.74, 6) is -0.304. The second-order valence-corrected chi connectivity index (χ2v) is 6.75. The molecule has 0 fully saturated rings. The minimum atomic E-state index is -0.431. The van der Waals surface area contributed by atoms with E-state index in [4.69, 9.17) is 0 Å². The average Bonchev–Trinajstić information content (AvgIpc) is 2.57. The average molecular weight is 412 g/mol. The van der Waals surface area contributed by atoms with Gasteiger partial charge < -0.3 is 10.1 Å². The monoisotopic (exact) mass is 411 g/mol. The quantitative estimate of drug-likeness (QED) is 0.721. The Morgan fingerprint density at radius 1 is 1.21 bits per heavy atom. The number of thioether (sulfide) groups is 1. The second kappa shape index (κ2) is 8.84. The van der Waals surface area contributed by atoms with Crippen molar-refractivity contribution in [2.24, 2.45) is 0 Å². The minimum absolute atomic E-state index is 0.191. The molecular weight excluding hydrogens is 397 g/mol. The standard InChI is InChI=1S/C17H15BrFNO3S/c1-23-17(22)11-3-6-14(7-4-11)20-16(21)10-24-9-12-2-5-13(18)8-15(12)19/h2-8H,9-10H2,1H3,(H,20,21). The molecule has 126 valence electrons. The van der Waals surface area contributed by atoms with Crippen LogP contribution in [0.5, 0.6) is 0 Å². The molecule has 0 aliphatic rings. The molecule has 0 bridgehead atoms. The van der Waals surface area contributed by atoms with Gasteiger partial charge in [0.2, 0.25) is 5.91 Å². The maximum atomic E-state index is 13.7.